The fraction of sp³-hybridized carbons (Fsp3) is 0.880. The number of aliphatic hydroxyl groups excluding tert-OH is 1. The van der Waals surface area contributed by atoms with Crippen LogP contribution in [0.5, 0.6) is 0 Å². The second kappa shape index (κ2) is 6.86. The van der Waals surface area contributed by atoms with Gasteiger partial charge in [0.25, 0.3) is 0 Å². The predicted molar refractivity (Wildman–Crippen MR) is 113 cm³/mol. The minimum Gasteiger partial charge on any atom is -0.391 e. The zero-order chi connectivity index (χ0) is 22.4. The number of Topliss-reactive ketones (excluding diaryl/α,β-unsaturated/α-hetero) is 1. The van der Waals surface area contributed by atoms with Gasteiger partial charge in [0.15, 0.2) is 5.79 Å². The standard InChI is InChI=1S/C25H36O7/c1-21-7-8-23(29-9-10-30-23)13-16(21)3-4-17-18-5-6-24(28,25(15-26)31-11-12-32-25)22(18,2)14-19(27)20(17)21/h3,17-18,20,26,28H,4-15H2,1-2H3/t17?,18?,20?,21?,22?,24-/m1/s1. The van der Waals surface area contributed by atoms with E-state index >= 15 is 0 Å². The van der Waals surface area contributed by atoms with Crippen LogP contribution < -0.4 is 0 Å². The van der Waals surface area contributed by atoms with Crippen molar-refractivity contribution in [2.45, 2.75) is 76.0 Å². The highest BCUT2D eigenvalue weighted by molar-refractivity contribution is 5.85. The van der Waals surface area contributed by atoms with Crippen LogP contribution in [0.15, 0.2) is 11.6 Å². The molecule has 1 spiro atoms. The molecule has 32 heavy (non-hydrogen) atoms. The third-order valence-electron chi connectivity index (χ3n) is 10.4. The number of ether oxygens (including phenoxy) is 4. The molecule has 2 aliphatic heterocycles. The quantitative estimate of drug-likeness (QED) is 0.626. The monoisotopic (exact) mass is 448 g/mol. The third-order valence-corrected chi connectivity index (χ3v) is 10.4. The Hall–Kier alpha value is -0.830. The van der Waals surface area contributed by atoms with Crippen LogP contribution in [0.1, 0.15) is 58.8 Å². The fourth-order valence-corrected chi connectivity index (χ4v) is 8.72. The minimum absolute atomic E-state index is 0.0443. The van der Waals surface area contributed by atoms with Gasteiger partial charge in [-0.1, -0.05) is 25.5 Å². The molecule has 6 rings (SSSR count). The molecular formula is C25H36O7. The van der Waals surface area contributed by atoms with Crippen LogP contribution >= 0.6 is 0 Å². The minimum atomic E-state index is -1.43. The second-order valence-electron chi connectivity index (χ2n) is 11.5. The Bertz CT molecular complexity index is 841. The predicted octanol–water partition coefficient (Wildman–Crippen LogP) is 2.34. The van der Waals surface area contributed by atoms with Gasteiger partial charge in [0.2, 0.25) is 5.79 Å². The van der Waals surface area contributed by atoms with Crippen molar-refractivity contribution < 1.29 is 34.0 Å². The number of carbonyl (C=O) groups is 1. The number of rotatable bonds is 2. The van der Waals surface area contributed by atoms with E-state index in [0.717, 1.165) is 32.1 Å². The molecule has 0 aromatic carbocycles. The molecule has 5 unspecified atom stereocenters. The molecule has 2 N–H and O–H groups in total. The number of hydrogen-bond acceptors (Lipinski definition) is 7. The van der Waals surface area contributed by atoms with E-state index in [1.165, 1.54) is 5.57 Å². The van der Waals surface area contributed by atoms with Crippen molar-refractivity contribution in [3.63, 3.8) is 0 Å². The summed E-state index contributed by atoms with van der Waals surface area (Å²) in [6.45, 7) is 5.86. The van der Waals surface area contributed by atoms with Gasteiger partial charge in [0.1, 0.15) is 18.0 Å². The van der Waals surface area contributed by atoms with Gasteiger partial charge in [0, 0.05) is 30.6 Å². The van der Waals surface area contributed by atoms with E-state index in [1.807, 2.05) is 6.92 Å². The van der Waals surface area contributed by atoms with Crippen molar-refractivity contribution in [1.82, 2.24) is 0 Å². The molecule has 0 aromatic heterocycles. The Labute approximate surface area is 189 Å². The molecule has 178 valence electrons. The number of hydrogen-bond donors (Lipinski definition) is 2. The normalized spacial score (nSPS) is 48.9. The maximum absolute atomic E-state index is 13.9. The van der Waals surface area contributed by atoms with Crippen molar-refractivity contribution in [2.75, 3.05) is 33.0 Å². The summed E-state index contributed by atoms with van der Waals surface area (Å²) in [5.41, 5.74) is -0.944. The number of ketones is 1. The van der Waals surface area contributed by atoms with Gasteiger partial charge in [-0.05, 0) is 42.9 Å². The van der Waals surface area contributed by atoms with Gasteiger partial charge in [-0.25, -0.2) is 0 Å². The molecule has 0 bridgehead atoms. The van der Waals surface area contributed by atoms with Gasteiger partial charge in [-0.3, -0.25) is 4.79 Å². The second-order valence-corrected chi connectivity index (χ2v) is 11.5. The Morgan fingerprint density at radius 3 is 2.38 bits per heavy atom. The molecule has 7 nitrogen and oxygen atoms in total. The van der Waals surface area contributed by atoms with Crippen LogP contribution in [0.3, 0.4) is 0 Å². The summed E-state index contributed by atoms with van der Waals surface area (Å²) in [6, 6.07) is 0. The third kappa shape index (κ3) is 2.50. The van der Waals surface area contributed by atoms with Crippen LogP contribution in [0, 0.1) is 28.6 Å². The zero-order valence-corrected chi connectivity index (χ0v) is 19.2. The number of fused-ring (bicyclic) bond motifs is 5. The molecule has 3 saturated carbocycles. The Balaban J connectivity index is 1.36. The van der Waals surface area contributed by atoms with E-state index in [9.17, 15) is 15.0 Å². The highest BCUT2D eigenvalue weighted by Gasteiger charge is 2.73. The van der Waals surface area contributed by atoms with Crippen molar-refractivity contribution in [2.24, 2.45) is 28.6 Å². The van der Waals surface area contributed by atoms with Gasteiger partial charge in [-0.2, -0.15) is 0 Å². The van der Waals surface area contributed by atoms with E-state index in [1.54, 1.807) is 0 Å². The summed E-state index contributed by atoms with van der Waals surface area (Å²) in [6.07, 6.45) is 7.21. The lowest BCUT2D eigenvalue weighted by molar-refractivity contribution is -0.317. The first kappa shape index (κ1) is 21.7. The summed E-state index contributed by atoms with van der Waals surface area (Å²) in [7, 11) is 0. The van der Waals surface area contributed by atoms with Crippen LogP contribution in [-0.2, 0) is 23.7 Å². The van der Waals surface area contributed by atoms with Gasteiger partial charge in [0.05, 0.1) is 26.4 Å². The molecule has 6 atom stereocenters. The first-order valence-electron chi connectivity index (χ1n) is 12.3. The number of aliphatic hydroxyl groups is 2. The average Bonchev–Trinajstić information content (AvgIpc) is 3.49. The van der Waals surface area contributed by atoms with E-state index in [0.29, 0.717) is 39.3 Å². The number of carbonyl (C=O) groups excluding carboxylic acids is 1. The molecule has 0 aromatic rings. The van der Waals surface area contributed by atoms with Crippen molar-refractivity contribution >= 4 is 5.78 Å². The topological polar surface area (TPSA) is 94.5 Å². The average molecular weight is 449 g/mol. The van der Waals surface area contributed by atoms with Crippen molar-refractivity contribution in [3.05, 3.63) is 11.6 Å². The Morgan fingerprint density at radius 1 is 1.00 bits per heavy atom. The summed E-state index contributed by atoms with van der Waals surface area (Å²) in [5, 5.41) is 22.2. The van der Waals surface area contributed by atoms with E-state index in [2.05, 4.69) is 13.0 Å². The molecule has 6 aliphatic rings. The molecule has 0 amide bonds. The van der Waals surface area contributed by atoms with Crippen LogP contribution in [-0.4, -0.2) is 66.2 Å². The van der Waals surface area contributed by atoms with Crippen LogP contribution in [0.4, 0.5) is 0 Å². The molecule has 5 fully saturated rings. The summed E-state index contributed by atoms with van der Waals surface area (Å²) in [4.78, 5) is 13.9. The van der Waals surface area contributed by atoms with E-state index in [4.69, 9.17) is 18.9 Å². The molecule has 0 radical (unpaired) electrons. The van der Waals surface area contributed by atoms with Gasteiger partial charge in [-0.15, -0.1) is 0 Å². The molecule has 2 heterocycles. The Morgan fingerprint density at radius 2 is 1.69 bits per heavy atom. The fourth-order valence-electron chi connectivity index (χ4n) is 8.72. The highest BCUT2D eigenvalue weighted by Crippen LogP contribution is 2.69. The smallest absolute Gasteiger partial charge is 0.222 e. The molecular weight excluding hydrogens is 412 g/mol. The lowest BCUT2D eigenvalue weighted by atomic mass is 9.46. The van der Waals surface area contributed by atoms with E-state index < -0.39 is 29.2 Å². The zero-order valence-electron chi connectivity index (χ0n) is 19.2. The number of allylic oxidation sites excluding steroid dienone is 1. The van der Waals surface area contributed by atoms with Crippen molar-refractivity contribution in [1.29, 1.82) is 0 Å². The highest BCUT2D eigenvalue weighted by atomic mass is 16.8. The van der Waals surface area contributed by atoms with Crippen LogP contribution in [0.2, 0.25) is 0 Å². The first-order valence-corrected chi connectivity index (χ1v) is 12.3. The molecule has 2 saturated heterocycles. The summed E-state index contributed by atoms with van der Waals surface area (Å²) < 4.78 is 23.7. The lowest BCUT2D eigenvalue weighted by Gasteiger charge is -2.60. The lowest BCUT2D eigenvalue weighted by Crippen LogP contribution is -2.67. The Kier molecular flexibility index (Phi) is 4.65. The maximum atomic E-state index is 13.9. The SMILES string of the molecule is CC12CCC3(CC1=CCC1C2C(=O)CC2(C)C1CC[C@]2(O)C1(CO)OCCO1)OCCO3. The van der Waals surface area contributed by atoms with Crippen molar-refractivity contribution in [3.8, 4) is 0 Å². The first-order chi connectivity index (χ1) is 15.2. The molecule has 7 heteroatoms. The largest absolute Gasteiger partial charge is 0.391 e. The summed E-state index contributed by atoms with van der Waals surface area (Å²) in [5.74, 6) is -1.38. The van der Waals surface area contributed by atoms with E-state index in [-0.39, 0.29) is 29.0 Å². The summed E-state index contributed by atoms with van der Waals surface area (Å²) >= 11 is 0. The van der Waals surface area contributed by atoms with Gasteiger partial charge >= 0.3 is 0 Å². The molecule has 4 aliphatic carbocycles. The maximum Gasteiger partial charge on any atom is 0.222 e. The van der Waals surface area contributed by atoms with Gasteiger partial charge < -0.3 is 29.2 Å². The van der Waals surface area contributed by atoms with Crippen LogP contribution in [0.25, 0.3) is 0 Å².